The van der Waals surface area contributed by atoms with Crippen LogP contribution in [0.3, 0.4) is 0 Å². The maximum absolute atomic E-state index is 12.6. The largest absolute Gasteiger partial charge is 0.324 e. The Bertz CT molecular complexity index is 727. The Labute approximate surface area is 148 Å². The van der Waals surface area contributed by atoms with Crippen LogP contribution in [0, 0.1) is 0 Å². The van der Waals surface area contributed by atoms with Crippen LogP contribution in [0.25, 0.3) is 0 Å². The van der Waals surface area contributed by atoms with Crippen LogP contribution in [-0.2, 0) is 12.1 Å². The minimum absolute atomic E-state index is 0.0827. The van der Waals surface area contributed by atoms with Crippen molar-refractivity contribution in [2.75, 3.05) is 18.4 Å². The van der Waals surface area contributed by atoms with Crippen LogP contribution in [0.15, 0.2) is 18.7 Å². The topological polar surface area (TPSA) is 80.9 Å². The molecule has 2 aromatic rings. The van der Waals surface area contributed by atoms with E-state index in [9.17, 15) is 4.79 Å². The molecule has 0 spiro atoms. The highest BCUT2D eigenvalue weighted by molar-refractivity contribution is 5.89. The molecule has 0 saturated carbocycles. The molecule has 2 amide bonds. The zero-order valence-electron chi connectivity index (χ0n) is 15.4. The molecule has 0 radical (unpaired) electrons. The third kappa shape index (κ3) is 3.83. The number of likely N-dealkylation sites (tertiary alicyclic amines) is 1. The molecule has 0 aromatic carbocycles. The van der Waals surface area contributed by atoms with Crippen LogP contribution in [0.2, 0.25) is 0 Å². The minimum Gasteiger partial charge on any atom is -0.324 e. The van der Waals surface area contributed by atoms with Gasteiger partial charge in [-0.1, -0.05) is 0 Å². The smallest absolute Gasteiger partial charge is 0.321 e. The van der Waals surface area contributed by atoms with Gasteiger partial charge in [0.15, 0.2) is 0 Å². The van der Waals surface area contributed by atoms with Crippen LogP contribution in [0.5, 0.6) is 0 Å². The molecule has 2 aromatic heterocycles. The SMILES string of the molecule is CCn1cnnc1[C@@H]1CCCN(C(=O)Nc2cnn(C(C)(C)C)c2)C1. The van der Waals surface area contributed by atoms with Crippen LogP contribution in [0.4, 0.5) is 10.5 Å². The zero-order valence-corrected chi connectivity index (χ0v) is 15.4. The summed E-state index contributed by atoms with van der Waals surface area (Å²) in [5.74, 6) is 1.21. The van der Waals surface area contributed by atoms with Gasteiger partial charge in [-0.25, -0.2) is 4.79 Å². The number of piperidine rings is 1. The second-order valence-electron chi connectivity index (χ2n) is 7.53. The van der Waals surface area contributed by atoms with Crippen LogP contribution >= 0.6 is 0 Å². The Balaban J connectivity index is 1.65. The Morgan fingerprint density at radius 1 is 1.40 bits per heavy atom. The predicted molar refractivity (Wildman–Crippen MR) is 95.5 cm³/mol. The van der Waals surface area contributed by atoms with Gasteiger partial charge >= 0.3 is 6.03 Å². The van der Waals surface area contributed by atoms with Gasteiger partial charge in [-0.3, -0.25) is 4.68 Å². The van der Waals surface area contributed by atoms with Crippen LogP contribution < -0.4 is 5.32 Å². The highest BCUT2D eigenvalue weighted by Crippen LogP contribution is 2.26. The molecule has 3 heterocycles. The Hall–Kier alpha value is -2.38. The molecule has 1 N–H and O–H groups in total. The molecule has 0 aliphatic carbocycles. The summed E-state index contributed by atoms with van der Waals surface area (Å²) in [4.78, 5) is 14.5. The summed E-state index contributed by atoms with van der Waals surface area (Å²) in [7, 11) is 0. The highest BCUT2D eigenvalue weighted by atomic mass is 16.2. The maximum Gasteiger partial charge on any atom is 0.321 e. The van der Waals surface area contributed by atoms with E-state index in [1.807, 2.05) is 15.8 Å². The van der Waals surface area contributed by atoms with Gasteiger partial charge in [0, 0.05) is 31.7 Å². The van der Waals surface area contributed by atoms with Gasteiger partial charge in [0.2, 0.25) is 0 Å². The summed E-state index contributed by atoms with van der Waals surface area (Å²) in [6.07, 6.45) is 7.32. The molecule has 0 unspecified atom stereocenters. The average molecular weight is 345 g/mol. The number of rotatable bonds is 3. The van der Waals surface area contributed by atoms with Crippen molar-refractivity contribution in [3.8, 4) is 0 Å². The first-order chi connectivity index (χ1) is 11.9. The molecule has 1 fully saturated rings. The van der Waals surface area contributed by atoms with E-state index in [1.54, 1.807) is 12.5 Å². The lowest BCUT2D eigenvalue weighted by Crippen LogP contribution is -2.42. The number of carbonyl (C=O) groups excluding carboxylic acids is 1. The van der Waals surface area contributed by atoms with Crippen molar-refractivity contribution in [3.63, 3.8) is 0 Å². The van der Waals surface area contributed by atoms with Crippen molar-refractivity contribution in [1.82, 2.24) is 29.4 Å². The lowest BCUT2D eigenvalue weighted by atomic mass is 9.97. The first-order valence-corrected chi connectivity index (χ1v) is 8.87. The van der Waals surface area contributed by atoms with Gasteiger partial charge in [-0.15, -0.1) is 10.2 Å². The van der Waals surface area contributed by atoms with Gasteiger partial charge < -0.3 is 14.8 Å². The predicted octanol–water partition coefficient (Wildman–Crippen LogP) is 2.66. The third-order valence-electron chi connectivity index (χ3n) is 4.58. The molecule has 8 heteroatoms. The molecule has 8 nitrogen and oxygen atoms in total. The Morgan fingerprint density at radius 3 is 2.88 bits per heavy atom. The standard InChI is InChI=1S/C17H27N7O/c1-5-22-12-18-21-15(22)13-7-6-8-23(10-13)16(25)20-14-9-19-24(11-14)17(2,3)4/h9,11-13H,5-8,10H2,1-4H3,(H,20,25)/t13-/m1/s1. The molecule has 1 aliphatic heterocycles. The normalized spacial score (nSPS) is 18.4. The molecule has 1 atom stereocenters. The number of aryl methyl sites for hydroxylation is 1. The van der Waals surface area contributed by atoms with Crippen LogP contribution in [-0.4, -0.2) is 48.6 Å². The molecule has 0 bridgehead atoms. The third-order valence-corrected chi connectivity index (χ3v) is 4.58. The fourth-order valence-electron chi connectivity index (χ4n) is 3.15. The fraction of sp³-hybridized carbons (Fsp3) is 0.647. The van der Waals surface area contributed by atoms with Crippen LogP contribution in [0.1, 0.15) is 52.3 Å². The molecule has 25 heavy (non-hydrogen) atoms. The number of aromatic nitrogens is 5. The lowest BCUT2D eigenvalue weighted by Gasteiger charge is -2.32. The number of nitrogens with one attached hydrogen (secondary N) is 1. The number of carbonyl (C=O) groups is 1. The summed E-state index contributed by atoms with van der Waals surface area (Å²) in [5.41, 5.74) is 0.613. The molecule has 1 aliphatic rings. The van der Waals surface area contributed by atoms with Gasteiger partial charge in [0.1, 0.15) is 12.2 Å². The van der Waals surface area contributed by atoms with E-state index in [0.717, 1.165) is 37.4 Å². The minimum atomic E-state index is -0.108. The number of anilines is 1. The van der Waals surface area contributed by atoms with Gasteiger partial charge in [-0.05, 0) is 40.5 Å². The zero-order chi connectivity index (χ0) is 18.0. The number of hydrogen-bond acceptors (Lipinski definition) is 4. The first kappa shape index (κ1) is 17.4. The van der Waals surface area contributed by atoms with E-state index in [4.69, 9.17) is 0 Å². The number of hydrogen-bond donors (Lipinski definition) is 1. The number of nitrogens with zero attached hydrogens (tertiary/aromatic N) is 6. The van der Waals surface area contributed by atoms with E-state index in [2.05, 4.69) is 52.9 Å². The van der Waals surface area contributed by atoms with Gasteiger partial charge in [0.05, 0.1) is 17.4 Å². The Kier molecular flexibility index (Phi) is 4.78. The summed E-state index contributed by atoms with van der Waals surface area (Å²) in [5, 5.41) is 15.6. The van der Waals surface area contributed by atoms with Crippen molar-refractivity contribution in [3.05, 3.63) is 24.5 Å². The molecular weight excluding hydrogens is 318 g/mol. The van der Waals surface area contributed by atoms with Gasteiger partial charge in [-0.2, -0.15) is 5.10 Å². The van der Waals surface area contributed by atoms with Crippen molar-refractivity contribution in [1.29, 1.82) is 0 Å². The average Bonchev–Trinajstić information content (AvgIpc) is 3.23. The van der Waals surface area contributed by atoms with E-state index in [0.29, 0.717) is 6.54 Å². The first-order valence-electron chi connectivity index (χ1n) is 8.87. The van der Waals surface area contributed by atoms with E-state index in [-0.39, 0.29) is 17.5 Å². The Morgan fingerprint density at radius 2 is 2.20 bits per heavy atom. The summed E-state index contributed by atoms with van der Waals surface area (Å²) < 4.78 is 3.91. The van der Waals surface area contributed by atoms with Crippen molar-refractivity contribution in [2.24, 2.45) is 0 Å². The maximum atomic E-state index is 12.6. The number of amides is 2. The second-order valence-corrected chi connectivity index (χ2v) is 7.53. The molecule has 136 valence electrons. The van der Waals surface area contributed by atoms with E-state index in [1.165, 1.54) is 0 Å². The monoisotopic (exact) mass is 345 g/mol. The molecule has 1 saturated heterocycles. The second kappa shape index (κ2) is 6.85. The van der Waals surface area contributed by atoms with Gasteiger partial charge in [0.25, 0.3) is 0 Å². The van der Waals surface area contributed by atoms with Crippen molar-refractivity contribution >= 4 is 11.7 Å². The van der Waals surface area contributed by atoms with Crippen molar-refractivity contribution in [2.45, 2.75) is 58.5 Å². The number of urea groups is 1. The quantitative estimate of drug-likeness (QED) is 0.927. The van der Waals surface area contributed by atoms with Crippen molar-refractivity contribution < 1.29 is 4.79 Å². The van der Waals surface area contributed by atoms with E-state index < -0.39 is 0 Å². The fourth-order valence-corrected chi connectivity index (χ4v) is 3.15. The molecular formula is C17H27N7O. The lowest BCUT2D eigenvalue weighted by molar-refractivity contribution is 0.190. The summed E-state index contributed by atoms with van der Waals surface area (Å²) >= 11 is 0. The summed E-state index contributed by atoms with van der Waals surface area (Å²) in [6, 6.07) is -0.0827. The summed E-state index contributed by atoms with van der Waals surface area (Å²) in [6.45, 7) is 10.6. The molecule has 3 rings (SSSR count). The highest BCUT2D eigenvalue weighted by Gasteiger charge is 2.28. The van der Waals surface area contributed by atoms with E-state index >= 15 is 0 Å².